The number of hydrogen-bond donors (Lipinski definition) is 2. The zero-order valence-corrected chi connectivity index (χ0v) is 25.8. The lowest BCUT2D eigenvalue weighted by Crippen LogP contribution is -2.49. The van der Waals surface area contributed by atoms with Gasteiger partial charge >= 0.3 is 6.01 Å². The number of piperazine rings is 1. The second-order valence-electron chi connectivity index (χ2n) is 11.5. The van der Waals surface area contributed by atoms with Gasteiger partial charge in [-0.1, -0.05) is 24.8 Å². The number of carbonyl (C=O) groups is 1. The van der Waals surface area contributed by atoms with E-state index in [2.05, 4.69) is 52.7 Å². The molecule has 5 rings (SSSR count). The molecule has 0 radical (unpaired) electrons. The van der Waals surface area contributed by atoms with E-state index in [0.717, 1.165) is 79.6 Å². The third kappa shape index (κ3) is 7.11. The zero-order valence-electron chi connectivity index (χ0n) is 25.8. The number of fused-ring (bicyclic) bond motifs is 1. The van der Waals surface area contributed by atoms with E-state index in [1.54, 1.807) is 0 Å². The second kappa shape index (κ2) is 14.2. The van der Waals surface area contributed by atoms with E-state index in [1.807, 2.05) is 24.0 Å². The monoisotopic (exact) mass is 590 g/mol. The number of nitrogens with zero attached hydrogens (tertiary/aromatic N) is 6. The van der Waals surface area contributed by atoms with E-state index in [9.17, 15) is 4.79 Å². The van der Waals surface area contributed by atoms with Crippen LogP contribution >= 0.6 is 0 Å². The highest BCUT2D eigenvalue weighted by Crippen LogP contribution is 2.37. The minimum absolute atomic E-state index is 0.0276. The molecule has 1 amide bonds. The Morgan fingerprint density at radius 3 is 2.72 bits per heavy atom. The van der Waals surface area contributed by atoms with Crippen molar-refractivity contribution in [1.29, 1.82) is 0 Å². The summed E-state index contributed by atoms with van der Waals surface area (Å²) in [4.78, 5) is 31.1. The lowest BCUT2D eigenvalue weighted by molar-refractivity contribution is -0.126. The van der Waals surface area contributed by atoms with Gasteiger partial charge in [0, 0.05) is 69.2 Å². The summed E-state index contributed by atoms with van der Waals surface area (Å²) in [6, 6.07) is 4.54. The summed E-state index contributed by atoms with van der Waals surface area (Å²) in [5.41, 5.74) is 9.29. The van der Waals surface area contributed by atoms with Crippen LogP contribution in [0.4, 0.5) is 17.2 Å². The van der Waals surface area contributed by atoms with Crippen molar-refractivity contribution < 1.29 is 14.3 Å². The van der Waals surface area contributed by atoms with Crippen molar-refractivity contribution in [1.82, 2.24) is 19.8 Å². The highest BCUT2D eigenvalue weighted by atomic mass is 16.5. The van der Waals surface area contributed by atoms with Gasteiger partial charge in [0.2, 0.25) is 5.91 Å². The summed E-state index contributed by atoms with van der Waals surface area (Å²) in [5.74, 6) is 6.79. The predicted octanol–water partition coefficient (Wildman–Crippen LogP) is 2.99. The van der Waals surface area contributed by atoms with Crippen LogP contribution < -0.4 is 25.8 Å². The van der Waals surface area contributed by atoms with Crippen LogP contribution in [0.2, 0.25) is 0 Å². The number of nitrogens with two attached hydrogens (primary N) is 1. The van der Waals surface area contributed by atoms with Gasteiger partial charge in [0.25, 0.3) is 0 Å². The van der Waals surface area contributed by atoms with Gasteiger partial charge in [-0.3, -0.25) is 15.5 Å². The lowest BCUT2D eigenvalue weighted by Gasteiger charge is -2.38. The molecule has 3 N–H and O–H groups in total. The molecule has 11 nitrogen and oxygen atoms in total. The summed E-state index contributed by atoms with van der Waals surface area (Å²) in [6.45, 7) is 18.2. The van der Waals surface area contributed by atoms with E-state index < -0.39 is 0 Å². The van der Waals surface area contributed by atoms with Crippen molar-refractivity contribution in [2.75, 3.05) is 80.8 Å². The first-order chi connectivity index (χ1) is 20.9. The molecule has 232 valence electrons. The predicted molar refractivity (Wildman–Crippen MR) is 171 cm³/mol. The molecule has 11 heteroatoms. The number of carbonyl (C=O) groups excluding carboxylic acids is 1. The van der Waals surface area contributed by atoms with Crippen molar-refractivity contribution in [3.05, 3.63) is 53.2 Å². The molecule has 2 fully saturated rings. The fourth-order valence-corrected chi connectivity index (χ4v) is 6.32. The number of aromatic nitrogens is 2. The van der Waals surface area contributed by atoms with E-state index >= 15 is 0 Å². The summed E-state index contributed by atoms with van der Waals surface area (Å²) >= 11 is 0. The Morgan fingerprint density at radius 1 is 1.19 bits per heavy atom. The standard InChI is InChI=1S/C32H46N8O3/c1-5-8-25-27(36-33)10-9-23(3)30(25)40-13-11-26-28(22-40)34-32(43-19-7-12-37-18-20-42-24(4)21-37)35-31(26)39-16-14-38(15-17-39)29(41)6-2/h5-6,8-10,24,36H,2,7,11-22,33H2,1,3-4H3/b8-5+/t24-/m0/s1. The molecule has 1 atom stereocenters. The summed E-state index contributed by atoms with van der Waals surface area (Å²) in [5, 5.41) is 0. The number of morpholine rings is 1. The SMILES string of the molecule is C=CC(=O)N1CCN(c2nc(OCCCN3CCO[C@@H](C)C3)nc3c2CCN(c2c(C)ccc(NN)c2/C=C/C)C3)CC1. The number of anilines is 3. The minimum Gasteiger partial charge on any atom is -0.463 e. The molecule has 4 heterocycles. The number of hydrogen-bond acceptors (Lipinski definition) is 10. The Bertz CT molecular complexity index is 1320. The van der Waals surface area contributed by atoms with Crippen molar-refractivity contribution in [2.24, 2.45) is 5.84 Å². The number of hydrazine groups is 1. The van der Waals surface area contributed by atoms with Gasteiger partial charge in [-0.25, -0.2) is 0 Å². The molecule has 2 aromatic rings. The third-order valence-electron chi connectivity index (χ3n) is 8.49. The maximum absolute atomic E-state index is 12.2. The Balaban J connectivity index is 1.39. The van der Waals surface area contributed by atoms with E-state index in [0.29, 0.717) is 45.3 Å². The first kappa shape index (κ1) is 30.8. The second-order valence-corrected chi connectivity index (χ2v) is 11.5. The molecule has 0 unspecified atom stereocenters. The quantitative estimate of drug-likeness (QED) is 0.185. The normalized spacial score (nSPS) is 19.4. The fraction of sp³-hybridized carbons (Fsp3) is 0.531. The van der Waals surface area contributed by atoms with Gasteiger partial charge in [-0.05, 0) is 51.3 Å². The van der Waals surface area contributed by atoms with Crippen molar-refractivity contribution >= 4 is 29.2 Å². The molecule has 3 aliphatic rings. The van der Waals surface area contributed by atoms with Gasteiger partial charge in [0.15, 0.2) is 0 Å². The number of nitrogen functional groups attached to an aromatic ring is 1. The number of aryl methyl sites for hydroxylation is 1. The van der Waals surface area contributed by atoms with Crippen LogP contribution in [-0.4, -0.2) is 97.4 Å². The molecule has 43 heavy (non-hydrogen) atoms. The van der Waals surface area contributed by atoms with Crippen molar-refractivity contribution in [3.63, 3.8) is 0 Å². The average molecular weight is 591 g/mol. The number of nitrogens with one attached hydrogen (secondary N) is 1. The van der Waals surface area contributed by atoms with Gasteiger partial charge in [0.05, 0.1) is 37.2 Å². The minimum atomic E-state index is -0.0276. The number of rotatable bonds is 10. The smallest absolute Gasteiger partial charge is 0.318 e. The van der Waals surface area contributed by atoms with Crippen LogP contribution in [-0.2, 0) is 22.5 Å². The first-order valence-electron chi connectivity index (χ1n) is 15.4. The largest absolute Gasteiger partial charge is 0.463 e. The van der Waals surface area contributed by atoms with Crippen LogP contribution in [0.3, 0.4) is 0 Å². The molecule has 0 aliphatic carbocycles. The van der Waals surface area contributed by atoms with Crippen LogP contribution in [0.5, 0.6) is 6.01 Å². The Labute approximate surface area is 255 Å². The molecule has 1 aromatic carbocycles. The maximum atomic E-state index is 12.2. The summed E-state index contributed by atoms with van der Waals surface area (Å²) in [6.07, 6.45) is 7.50. The molecular formula is C32H46N8O3. The highest BCUT2D eigenvalue weighted by molar-refractivity contribution is 5.87. The molecule has 1 aromatic heterocycles. The summed E-state index contributed by atoms with van der Waals surface area (Å²) in [7, 11) is 0. The van der Waals surface area contributed by atoms with Crippen LogP contribution in [0.15, 0.2) is 30.9 Å². The Hall–Kier alpha value is -3.67. The molecule has 0 spiro atoms. The number of amides is 1. The van der Waals surface area contributed by atoms with Crippen LogP contribution in [0.1, 0.15) is 42.7 Å². The lowest BCUT2D eigenvalue weighted by atomic mass is 9.99. The molecule has 2 saturated heterocycles. The summed E-state index contributed by atoms with van der Waals surface area (Å²) < 4.78 is 11.9. The first-order valence-corrected chi connectivity index (χ1v) is 15.4. The molecule has 0 saturated carbocycles. The zero-order chi connectivity index (χ0) is 30.3. The van der Waals surface area contributed by atoms with Crippen molar-refractivity contribution in [3.8, 4) is 6.01 Å². The van der Waals surface area contributed by atoms with E-state index in [1.165, 1.54) is 11.6 Å². The molecule has 3 aliphatic heterocycles. The maximum Gasteiger partial charge on any atom is 0.318 e. The fourth-order valence-electron chi connectivity index (χ4n) is 6.32. The third-order valence-corrected chi connectivity index (χ3v) is 8.49. The van der Waals surface area contributed by atoms with E-state index in [4.69, 9.17) is 25.3 Å². The average Bonchev–Trinajstić information content (AvgIpc) is 3.02. The van der Waals surface area contributed by atoms with Gasteiger partial charge < -0.3 is 29.6 Å². The van der Waals surface area contributed by atoms with Crippen LogP contribution in [0.25, 0.3) is 6.08 Å². The number of benzene rings is 1. The van der Waals surface area contributed by atoms with Gasteiger partial charge in [0.1, 0.15) is 5.82 Å². The van der Waals surface area contributed by atoms with Gasteiger partial charge in [-0.2, -0.15) is 9.97 Å². The highest BCUT2D eigenvalue weighted by Gasteiger charge is 2.30. The number of allylic oxidation sites excluding steroid dienone is 1. The number of ether oxygens (including phenoxy) is 2. The topological polar surface area (TPSA) is 112 Å². The Morgan fingerprint density at radius 2 is 2.00 bits per heavy atom. The van der Waals surface area contributed by atoms with Crippen LogP contribution in [0, 0.1) is 6.92 Å². The van der Waals surface area contributed by atoms with Crippen molar-refractivity contribution in [2.45, 2.75) is 46.3 Å². The molecular weight excluding hydrogens is 544 g/mol. The molecule has 0 bridgehead atoms. The van der Waals surface area contributed by atoms with E-state index in [-0.39, 0.29) is 12.0 Å². The van der Waals surface area contributed by atoms with Gasteiger partial charge in [-0.15, -0.1) is 0 Å². The Kier molecular flexibility index (Phi) is 10.2.